The first-order valence-corrected chi connectivity index (χ1v) is 7.38. The van der Waals surface area contributed by atoms with E-state index in [1.54, 1.807) is 12.2 Å². The summed E-state index contributed by atoms with van der Waals surface area (Å²) in [6, 6.07) is 10.3. The molecule has 0 spiro atoms. The van der Waals surface area contributed by atoms with Gasteiger partial charge in [0.05, 0.1) is 18.4 Å². The quantitative estimate of drug-likeness (QED) is 0.618. The molecule has 0 fully saturated rings. The highest BCUT2D eigenvalue weighted by Crippen LogP contribution is 2.25. The maximum Gasteiger partial charge on any atom is 0.269 e. The summed E-state index contributed by atoms with van der Waals surface area (Å²) in [5.74, 6) is 1.49. The molecule has 1 aliphatic rings. The summed E-state index contributed by atoms with van der Waals surface area (Å²) < 4.78 is 5.71. The van der Waals surface area contributed by atoms with E-state index in [9.17, 15) is 0 Å². The van der Waals surface area contributed by atoms with Crippen molar-refractivity contribution in [2.24, 2.45) is 0 Å². The van der Waals surface area contributed by atoms with Crippen LogP contribution in [0, 0.1) is 17.9 Å². The Labute approximate surface area is 137 Å². The third-order valence-corrected chi connectivity index (χ3v) is 3.57. The summed E-state index contributed by atoms with van der Waals surface area (Å²) in [5.41, 5.74) is 3.12. The molecule has 1 aliphatic heterocycles. The number of hydrogen-bond donors (Lipinski definition) is 0. The molecular formula is C19H19N3O. The maximum absolute atomic E-state index is 9.00. The number of nitriles is 1. The van der Waals surface area contributed by atoms with E-state index < -0.39 is 0 Å². The Bertz CT molecular complexity index is 737. The highest BCUT2D eigenvalue weighted by Gasteiger charge is 2.12. The van der Waals surface area contributed by atoms with Crippen molar-refractivity contribution in [2.45, 2.75) is 19.8 Å². The van der Waals surface area contributed by atoms with Crippen LogP contribution in [0.1, 0.15) is 18.9 Å². The average Bonchev–Trinajstić information content (AvgIpc) is 2.54. The molecule has 0 unspecified atom stereocenters. The molecule has 0 saturated carbocycles. The first kappa shape index (κ1) is 16.4. The summed E-state index contributed by atoms with van der Waals surface area (Å²) in [4.78, 5) is 5.33. The number of ether oxygens (including phenoxy) is 1. The van der Waals surface area contributed by atoms with Crippen molar-refractivity contribution in [1.82, 2.24) is 0 Å². The van der Waals surface area contributed by atoms with Gasteiger partial charge >= 0.3 is 0 Å². The molecule has 23 heavy (non-hydrogen) atoms. The summed E-state index contributed by atoms with van der Waals surface area (Å²) >= 11 is 0. The summed E-state index contributed by atoms with van der Waals surface area (Å²) in [7, 11) is 4.03. The molecule has 0 bridgehead atoms. The van der Waals surface area contributed by atoms with Crippen LogP contribution in [0.4, 0.5) is 5.69 Å². The molecule has 0 atom stereocenters. The minimum atomic E-state index is 0.0977. The molecular weight excluding hydrogens is 286 g/mol. The molecule has 1 aromatic carbocycles. The second kappa shape index (κ2) is 7.33. The van der Waals surface area contributed by atoms with E-state index in [-0.39, 0.29) is 5.70 Å². The Morgan fingerprint density at radius 2 is 1.91 bits per heavy atom. The van der Waals surface area contributed by atoms with Crippen LogP contribution in [0.25, 0.3) is 4.85 Å². The molecule has 0 aromatic heterocycles. The second-order valence-electron chi connectivity index (χ2n) is 5.56. The summed E-state index contributed by atoms with van der Waals surface area (Å²) in [6.45, 7) is 8.89. The third-order valence-electron chi connectivity index (χ3n) is 3.57. The van der Waals surface area contributed by atoms with Gasteiger partial charge in [0.1, 0.15) is 5.76 Å². The van der Waals surface area contributed by atoms with Crippen molar-refractivity contribution in [3.05, 3.63) is 76.2 Å². The summed E-state index contributed by atoms with van der Waals surface area (Å²) in [5, 5.41) is 9.00. The Hall–Kier alpha value is -2.98. The SMILES string of the molecule is [C-]#[N+]/C(C#N)=C1\C=C(C)OC(CCc2ccc(N(C)C)cc2)=C1. The van der Waals surface area contributed by atoms with Gasteiger partial charge in [-0.05, 0) is 48.8 Å². The Kier molecular flexibility index (Phi) is 5.23. The van der Waals surface area contributed by atoms with Gasteiger partial charge in [0, 0.05) is 26.2 Å². The minimum Gasteiger partial charge on any atom is -0.466 e. The molecule has 0 radical (unpaired) electrons. The van der Waals surface area contributed by atoms with E-state index in [1.807, 2.05) is 27.1 Å². The fraction of sp³-hybridized carbons (Fsp3) is 0.263. The van der Waals surface area contributed by atoms with Crippen molar-refractivity contribution in [3.8, 4) is 6.07 Å². The average molecular weight is 305 g/mol. The van der Waals surface area contributed by atoms with Gasteiger partial charge in [-0.15, -0.1) is 0 Å². The van der Waals surface area contributed by atoms with Gasteiger partial charge in [-0.25, -0.2) is 10.1 Å². The van der Waals surface area contributed by atoms with Crippen LogP contribution in [-0.4, -0.2) is 14.1 Å². The zero-order chi connectivity index (χ0) is 16.8. The van der Waals surface area contributed by atoms with Crippen molar-refractivity contribution in [3.63, 3.8) is 0 Å². The van der Waals surface area contributed by atoms with E-state index in [2.05, 4.69) is 34.0 Å². The van der Waals surface area contributed by atoms with Gasteiger partial charge in [0.15, 0.2) is 0 Å². The first-order valence-electron chi connectivity index (χ1n) is 7.38. The number of nitrogens with zero attached hydrogens (tertiary/aromatic N) is 3. The van der Waals surface area contributed by atoms with Crippen LogP contribution in [0.15, 0.2) is 59.2 Å². The van der Waals surface area contributed by atoms with Crippen LogP contribution in [0.5, 0.6) is 0 Å². The second-order valence-corrected chi connectivity index (χ2v) is 5.56. The van der Waals surface area contributed by atoms with Crippen LogP contribution < -0.4 is 4.90 Å². The molecule has 0 amide bonds. The molecule has 1 aromatic rings. The molecule has 4 nitrogen and oxygen atoms in total. The molecule has 116 valence electrons. The monoisotopic (exact) mass is 305 g/mol. The van der Waals surface area contributed by atoms with Gasteiger partial charge in [-0.3, -0.25) is 0 Å². The standard InChI is InChI=1S/C19H19N3O/c1-14-11-16(19(13-20)21-2)12-18(23-14)10-7-15-5-8-17(9-6-15)22(3)4/h5-6,8-9,11-12H,7,10H2,1,3-4H3/b19-16+. The normalized spacial score (nSPS) is 15.5. The number of anilines is 1. The van der Waals surface area contributed by atoms with Crippen LogP contribution in [0.2, 0.25) is 0 Å². The lowest BCUT2D eigenvalue weighted by Gasteiger charge is -2.16. The lowest BCUT2D eigenvalue weighted by atomic mass is 10.0. The van der Waals surface area contributed by atoms with E-state index in [0.717, 1.165) is 18.6 Å². The van der Waals surface area contributed by atoms with E-state index in [0.29, 0.717) is 11.3 Å². The predicted molar refractivity (Wildman–Crippen MR) is 91.3 cm³/mol. The molecule has 2 rings (SSSR count). The van der Waals surface area contributed by atoms with Gasteiger partial charge in [0.2, 0.25) is 0 Å². The highest BCUT2D eigenvalue weighted by molar-refractivity contribution is 5.49. The predicted octanol–water partition coefficient (Wildman–Crippen LogP) is 4.20. The topological polar surface area (TPSA) is 40.6 Å². The smallest absolute Gasteiger partial charge is 0.269 e. The van der Waals surface area contributed by atoms with Gasteiger partial charge in [0.25, 0.3) is 5.70 Å². The molecule has 0 saturated heterocycles. The Morgan fingerprint density at radius 3 is 2.48 bits per heavy atom. The Morgan fingerprint density at radius 1 is 1.22 bits per heavy atom. The van der Waals surface area contributed by atoms with E-state index in [1.165, 1.54) is 11.3 Å². The fourth-order valence-electron chi connectivity index (χ4n) is 2.34. The number of aryl methyl sites for hydroxylation is 1. The van der Waals surface area contributed by atoms with Crippen LogP contribution in [-0.2, 0) is 11.2 Å². The van der Waals surface area contributed by atoms with Gasteiger partial charge < -0.3 is 9.64 Å². The van der Waals surface area contributed by atoms with Gasteiger partial charge in [-0.1, -0.05) is 12.1 Å². The van der Waals surface area contributed by atoms with Crippen LogP contribution >= 0.6 is 0 Å². The summed E-state index contributed by atoms with van der Waals surface area (Å²) in [6.07, 6.45) is 5.09. The zero-order valence-electron chi connectivity index (χ0n) is 13.6. The first-order chi connectivity index (χ1) is 11.0. The molecule has 0 aliphatic carbocycles. The fourth-order valence-corrected chi connectivity index (χ4v) is 2.34. The molecule has 1 heterocycles. The largest absolute Gasteiger partial charge is 0.466 e. The minimum absolute atomic E-state index is 0.0977. The Balaban J connectivity index is 2.10. The highest BCUT2D eigenvalue weighted by atomic mass is 16.5. The number of hydrogen-bond acceptors (Lipinski definition) is 3. The zero-order valence-corrected chi connectivity index (χ0v) is 13.6. The number of benzene rings is 1. The molecule has 4 heteroatoms. The molecule has 0 N–H and O–H groups in total. The number of rotatable bonds is 4. The van der Waals surface area contributed by atoms with Crippen molar-refractivity contribution in [1.29, 1.82) is 5.26 Å². The maximum atomic E-state index is 9.00. The number of allylic oxidation sites excluding steroid dienone is 6. The van der Waals surface area contributed by atoms with E-state index >= 15 is 0 Å². The van der Waals surface area contributed by atoms with Crippen LogP contribution in [0.3, 0.4) is 0 Å². The van der Waals surface area contributed by atoms with E-state index in [4.69, 9.17) is 16.6 Å². The van der Waals surface area contributed by atoms with Gasteiger partial charge in [-0.2, -0.15) is 0 Å². The van der Waals surface area contributed by atoms with Crippen molar-refractivity contribution < 1.29 is 4.74 Å². The van der Waals surface area contributed by atoms with Crippen molar-refractivity contribution >= 4 is 5.69 Å². The lowest BCUT2D eigenvalue weighted by molar-refractivity contribution is 0.287. The lowest BCUT2D eigenvalue weighted by Crippen LogP contribution is -2.08. The third kappa shape index (κ3) is 4.25. The van der Waals surface area contributed by atoms with Crippen molar-refractivity contribution in [2.75, 3.05) is 19.0 Å².